The SMILES string of the molecule is CN(C(=O)c1cccnc1Cl)C1CCNC1.Cl. The van der Waals surface area contributed by atoms with E-state index in [4.69, 9.17) is 11.6 Å². The fourth-order valence-electron chi connectivity index (χ4n) is 1.87. The lowest BCUT2D eigenvalue weighted by Crippen LogP contribution is -2.38. The van der Waals surface area contributed by atoms with Gasteiger partial charge in [-0.05, 0) is 25.1 Å². The average molecular weight is 276 g/mol. The van der Waals surface area contributed by atoms with Crippen molar-refractivity contribution >= 4 is 29.9 Å². The van der Waals surface area contributed by atoms with Gasteiger partial charge in [0, 0.05) is 25.8 Å². The van der Waals surface area contributed by atoms with Gasteiger partial charge in [0.05, 0.1) is 5.56 Å². The molecule has 1 aliphatic heterocycles. The number of amides is 1. The quantitative estimate of drug-likeness (QED) is 0.834. The van der Waals surface area contributed by atoms with Gasteiger partial charge < -0.3 is 10.2 Å². The molecule has 0 spiro atoms. The second kappa shape index (κ2) is 6.19. The van der Waals surface area contributed by atoms with Crippen molar-refractivity contribution in [1.29, 1.82) is 0 Å². The van der Waals surface area contributed by atoms with Gasteiger partial charge >= 0.3 is 0 Å². The van der Waals surface area contributed by atoms with Crippen LogP contribution >= 0.6 is 24.0 Å². The van der Waals surface area contributed by atoms with Crippen LogP contribution in [0.15, 0.2) is 18.3 Å². The zero-order valence-electron chi connectivity index (χ0n) is 9.52. The Hall–Kier alpha value is -0.840. The van der Waals surface area contributed by atoms with E-state index in [0.29, 0.717) is 5.56 Å². The van der Waals surface area contributed by atoms with Crippen molar-refractivity contribution < 1.29 is 4.79 Å². The molecule has 2 heterocycles. The first-order chi connectivity index (χ1) is 7.70. The van der Waals surface area contributed by atoms with Crippen molar-refractivity contribution in [1.82, 2.24) is 15.2 Å². The highest BCUT2D eigenvalue weighted by Gasteiger charge is 2.25. The number of carbonyl (C=O) groups excluding carboxylic acids is 1. The summed E-state index contributed by atoms with van der Waals surface area (Å²) in [6.45, 7) is 1.81. The number of rotatable bonds is 2. The molecule has 0 aliphatic carbocycles. The molecule has 1 amide bonds. The summed E-state index contributed by atoms with van der Waals surface area (Å²) in [5.41, 5.74) is 0.471. The third kappa shape index (κ3) is 3.09. The van der Waals surface area contributed by atoms with Crippen molar-refractivity contribution in [3.63, 3.8) is 0 Å². The largest absolute Gasteiger partial charge is 0.337 e. The van der Waals surface area contributed by atoms with Crippen LogP contribution in [0, 0.1) is 0 Å². The minimum absolute atomic E-state index is 0. The lowest BCUT2D eigenvalue weighted by Gasteiger charge is -2.23. The number of likely N-dealkylation sites (N-methyl/N-ethyl adjacent to an activating group) is 1. The summed E-state index contributed by atoms with van der Waals surface area (Å²) in [7, 11) is 1.81. The summed E-state index contributed by atoms with van der Waals surface area (Å²) in [6.07, 6.45) is 2.57. The highest BCUT2D eigenvalue weighted by Crippen LogP contribution is 2.16. The molecule has 0 bridgehead atoms. The minimum Gasteiger partial charge on any atom is -0.337 e. The Morgan fingerprint density at radius 1 is 1.65 bits per heavy atom. The normalized spacial score (nSPS) is 18.6. The lowest BCUT2D eigenvalue weighted by atomic mass is 10.2. The topological polar surface area (TPSA) is 45.2 Å². The Morgan fingerprint density at radius 3 is 3.00 bits per heavy atom. The molecule has 6 heteroatoms. The monoisotopic (exact) mass is 275 g/mol. The van der Waals surface area contributed by atoms with Crippen molar-refractivity contribution in [2.45, 2.75) is 12.5 Å². The van der Waals surface area contributed by atoms with E-state index in [1.54, 1.807) is 23.2 Å². The Balaban J connectivity index is 0.00000144. The van der Waals surface area contributed by atoms with Gasteiger partial charge in [-0.15, -0.1) is 12.4 Å². The maximum Gasteiger partial charge on any atom is 0.257 e. The van der Waals surface area contributed by atoms with Gasteiger partial charge in [0.2, 0.25) is 0 Å². The first-order valence-corrected chi connectivity index (χ1v) is 5.66. The van der Waals surface area contributed by atoms with Crippen LogP contribution in [0.1, 0.15) is 16.8 Å². The second-order valence-corrected chi connectivity index (χ2v) is 4.26. The number of nitrogens with zero attached hydrogens (tertiary/aromatic N) is 2. The number of carbonyl (C=O) groups is 1. The van der Waals surface area contributed by atoms with Crippen LogP contribution in [-0.4, -0.2) is 42.0 Å². The molecule has 1 aromatic rings. The molecule has 1 unspecified atom stereocenters. The molecule has 0 radical (unpaired) electrons. The number of aromatic nitrogens is 1. The predicted molar refractivity (Wildman–Crippen MR) is 69.9 cm³/mol. The molecule has 0 aromatic carbocycles. The van der Waals surface area contributed by atoms with Gasteiger partial charge in [-0.1, -0.05) is 11.6 Å². The molecule has 1 aliphatic rings. The molecular weight excluding hydrogens is 261 g/mol. The van der Waals surface area contributed by atoms with Crippen LogP contribution in [0.25, 0.3) is 0 Å². The smallest absolute Gasteiger partial charge is 0.257 e. The Morgan fingerprint density at radius 2 is 2.41 bits per heavy atom. The molecule has 2 rings (SSSR count). The Kier molecular flexibility index (Phi) is 5.18. The van der Waals surface area contributed by atoms with Crippen molar-refractivity contribution in [3.8, 4) is 0 Å². The molecule has 1 aromatic heterocycles. The Labute approximate surface area is 112 Å². The van der Waals surface area contributed by atoms with Gasteiger partial charge in [0.1, 0.15) is 5.15 Å². The van der Waals surface area contributed by atoms with Gasteiger partial charge in [-0.3, -0.25) is 4.79 Å². The maximum atomic E-state index is 12.1. The number of pyridine rings is 1. The van der Waals surface area contributed by atoms with E-state index >= 15 is 0 Å². The van der Waals surface area contributed by atoms with Gasteiger partial charge in [0.15, 0.2) is 0 Å². The van der Waals surface area contributed by atoms with Crippen LogP contribution in [0.3, 0.4) is 0 Å². The summed E-state index contributed by atoms with van der Waals surface area (Å²) < 4.78 is 0. The number of hydrogen-bond acceptors (Lipinski definition) is 3. The van der Waals surface area contributed by atoms with Crippen LogP contribution in [0.2, 0.25) is 5.15 Å². The van der Waals surface area contributed by atoms with Crippen LogP contribution in [-0.2, 0) is 0 Å². The summed E-state index contributed by atoms with van der Waals surface area (Å²) in [5, 5.41) is 3.50. The van der Waals surface area contributed by atoms with E-state index in [-0.39, 0.29) is 29.5 Å². The standard InChI is InChI=1S/C11H14ClN3O.ClH/c1-15(8-4-6-13-7-8)11(16)9-3-2-5-14-10(9)12;/h2-3,5,8,13H,4,6-7H2,1H3;1H. The van der Waals surface area contributed by atoms with E-state index in [0.717, 1.165) is 19.5 Å². The molecule has 94 valence electrons. The highest BCUT2D eigenvalue weighted by molar-refractivity contribution is 6.32. The van der Waals surface area contributed by atoms with Crippen molar-refractivity contribution in [2.75, 3.05) is 20.1 Å². The van der Waals surface area contributed by atoms with E-state index < -0.39 is 0 Å². The first kappa shape index (κ1) is 14.2. The number of hydrogen-bond donors (Lipinski definition) is 1. The maximum absolute atomic E-state index is 12.1. The second-order valence-electron chi connectivity index (χ2n) is 3.90. The zero-order valence-corrected chi connectivity index (χ0v) is 11.1. The molecular formula is C11H15Cl2N3O. The average Bonchev–Trinajstić information content (AvgIpc) is 2.81. The molecule has 1 saturated heterocycles. The molecule has 1 atom stereocenters. The third-order valence-electron chi connectivity index (χ3n) is 2.89. The Bertz CT molecular complexity index is 394. The van der Waals surface area contributed by atoms with Gasteiger partial charge in [-0.25, -0.2) is 4.98 Å². The van der Waals surface area contributed by atoms with E-state index in [2.05, 4.69) is 10.3 Å². The van der Waals surface area contributed by atoms with E-state index in [9.17, 15) is 4.79 Å². The minimum atomic E-state index is -0.0631. The van der Waals surface area contributed by atoms with Crippen LogP contribution in [0.5, 0.6) is 0 Å². The van der Waals surface area contributed by atoms with Gasteiger partial charge in [-0.2, -0.15) is 0 Å². The summed E-state index contributed by atoms with van der Waals surface area (Å²) >= 11 is 5.90. The first-order valence-electron chi connectivity index (χ1n) is 5.28. The highest BCUT2D eigenvalue weighted by atomic mass is 35.5. The van der Waals surface area contributed by atoms with E-state index in [1.807, 2.05) is 7.05 Å². The van der Waals surface area contributed by atoms with Crippen LogP contribution < -0.4 is 5.32 Å². The summed E-state index contributed by atoms with van der Waals surface area (Å²) in [4.78, 5) is 17.8. The van der Waals surface area contributed by atoms with Gasteiger partial charge in [0.25, 0.3) is 5.91 Å². The third-order valence-corrected chi connectivity index (χ3v) is 3.19. The number of nitrogens with one attached hydrogen (secondary N) is 1. The lowest BCUT2D eigenvalue weighted by molar-refractivity contribution is 0.0743. The summed E-state index contributed by atoms with van der Waals surface area (Å²) in [5.74, 6) is -0.0631. The zero-order chi connectivity index (χ0) is 11.5. The molecule has 17 heavy (non-hydrogen) atoms. The molecule has 4 nitrogen and oxygen atoms in total. The summed E-state index contributed by atoms with van der Waals surface area (Å²) in [6, 6.07) is 3.68. The molecule has 1 N–H and O–H groups in total. The molecule has 0 saturated carbocycles. The predicted octanol–water partition coefficient (Wildman–Crippen LogP) is 1.59. The van der Waals surface area contributed by atoms with Crippen molar-refractivity contribution in [3.05, 3.63) is 29.0 Å². The fraction of sp³-hybridized carbons (Fsp3) is 0.455. The molecule has 1 fully saturated rings. The van der Waals surface area contributed by atoms with Crippen LogP contribution in [0.4, 0.5) is 0 Å². The number of halogens is 2. The van der Waals surface area contributed by atoms with Crippen molar-refractivity contribution in [2.24, 2.45) is 0 Å². The fourth-order valence-corrected chi connectivity index (χ4v) is 2.07. The van der Waals surface area contributed by atoms with E-state index in [1.165, 1.54) is 0 Å².